The Morgan fingerprint density at radius 2 is 2.00 bits per heavy atom. The average Bonchev–Trinajstić information content (AvgIpc) is 2.40. The quantitative estimate of drug-likeness (QED) is 0.749. The molecular weight excluding hydrogens is 322 g/mol. The number of amides is 1. The molecule has 0 heterocycles. The van der Waals surface area contributed by atoms with Crippen molar-refractivity contribution in [2.24, 2.45) is 5.73 Å². The van der Waals surface area contributed by atoms with Crippen LogP contribution in [0, 0.1) is 0 Å². The van der Waals surface area contributed by atoms with E-state index in [-0.39, 0.29) is 0 Å². The Bertz CT molecular complexity index is 659. The second-order valence-corrected chi connectivity index (χ2v) is 5.00. The molecule has 0 fully saturated rings. The molecule has 0 bridgehead atoms. The second-order valence-electron chi connectivity index (χ2n) is 4.14. The van der Waals surface area contributed by atoms with Crippen molar-refractivity contribution in [1.82, 2.24) is 0 Å². The lowest BCUT2D eigenvalue weighted by atomic mass is 10.1. The van der Waals surface area contributed by atoms with Gasteiger partial charge < -0.3 is 21.5 Å². The monoisotopic (exact) mass is 335 g/mol. The minimum Gasteiger partial charge on any atom is -0.495 e. The molecule has 1 amide bonds. The maximum Gasteiger partial charge on any atom is 0.250 e. The second kappa shape index (κ2) is 5.83. The van der Waals surface area contributed by atoms with Crippen molar-refractivity contribution in [3.05, 3.63) is 46.4 Å². The number of ether oxygens (including phenoxy) is 1. The predicted molar refractivity (Wildman–Crippen MR) is 83.3 cm³/mol. The Morgan fingerprint density at radius 3 is 2.65 bits per heavy atom. The molecule has 2 aromatic rings. The van der Waals surface area contributed by atoms with E-state index in [9.17, 15) is 4.79 Å². The van der Waals surface area contributed by atoms with Crippen LogP contribution in [0.2, 0.25) is 0 Å². The molecule has 0 atom stereocenters. The number of nitrogen functional groups attached to an aromatic ring is 1. The number of primary amides is 1. The third kappa shape index (κ3) is 3.03. The van der Waals surface area contributed by atoms with Crippen molar-refractivity contribution in [3.8, 4) is 5.75 Å². The first-order valence-electron chi connectivity index (χ1n) is 5.81. The van der Waals surface area contributed by atoms with E-state index < -0.39 is 5.91 Å². The summed E-state index contributed by atoms with van der Waals surface area (Å²) >= 11 is 3.38. The summed E-state index contributed by atoms with van der Waals surface area (Å²) in [7, 11) is 1.58. The van der Waals surface area contributed by atoms with Crippen molar-refractivity contribution in [3.63, 3.8) is 0 Å². The highest BCUT2D eigenvalue weighted by Gasteiger charge is 2.09. The molecule has 5 N–H and O–H groups in total. The maximum absolute atomic E-state index is 11.4. The third-order valence-corrected chi connectivity index (χ3v) is 3.39. The lowest BCUT2D eigenvalue weighted by Crippen LogP contribution is -2.13. The minimum atomic E-state index is -0.517. The minimum absolute atomic E-state index is 0.376. The van der Waals surface area contributed by atoms with E-state index in [4.69, 9.17) is 16.2 Å². The first kappa shape index (κ1) is 14.2. The zero-order valence-electron chi connectivity index (χ0n) is 10.8. The van der Waals surface area contributed by atoms with Crippen molar-refractivity contribution in [2.75, 3.05) is 18.2 Å². The summed E-state index contributed by atoms with van der Waals surface area (Å²) in [5, 5.41) is 3.11. The molecule has 5 nitrogen and oxygen atoms in total. The Balaban J connectivity index is 2.39. The Labute approximate surface area is 125 Å². The van der Waals surface area contributed by atoms with E-state index in [0.29, 0.717) is 22.7 Å². The molecular formula is C14H14BrN3O2. The van der Waals surface area contributed by atoms with Crippen molar-refractivity contribution < 1.29 is 9.53 Å². The van der Waals surface area contributed by atoms with Crippen molar-refractivity contribution in [1.29, 1.82) is 0 Å². The number of hydrogen-bond donors (Lipinski definition) is 3. The van der Waals surface area contributed by atoms with Crippen LogP contribution in [0.15, 0.2) is 40.9 Å². The number of rotatable bonds is 4. The fourth-order valence-corrected chi connectivity index (χ4v) is 2.18. The van der Waals surface area contributed by atoms with Crippen LogP contribution in [0.3, 0.4) is 0 Å². The van der Waals surface area contributed by atoms with E-state index in [0.717, 1.165) is 10.2 Å². The van der Waals surface area contributed by atoms with Gasteiger partial charge in [-0.05, 0) is 46.3 Å². The highest BCUT2D eigenvalue weighted by molar-refractivity contribution is 9.10. The summed E-state index contributed by atoms with van der Waals surface area (Å²) in [6.45, 7) is 0. The van der Waals surface area contributed by atoms with Gasteiger partial charge in [-0.15, -0.1) is 0 Å². The molecule has 0 spiro atoms. The number of halogens is 1. The molecule has 104 valence electrons. The van der Waals surface area contributed by atoms with Crippen LogP contribution in [0.25, 0.3) is 0 Å². The van der Waals surface area contributed by atoms with E-state index >= 15 is 0 Å². The van der Waals surface area contributed by atoms with E-state index in [1.54, 1.807) is 31.4 Å². The number of carbonyl (C=O) groups excluding carboxylic acids is 1. The topological polar surface area (TPSA) is 90.4 Å². The van der Waals surface area contributed by atoms with Crippen LogP contribution < -0.4 is 21.5 Å². The maximum atomic E-state index is 11.4. The smallest absolute Gasteiger partial charge is 0.250 e. The first-order valence-corrected chi connectivity index (χ1v) is 6.60. The van der Waals surface area contributed by atoms with Gasteiger partial charge in [0.15, 0.2) is 0 Å². The average molecular weight is 336 g/mol. The largest absolute Gasteiger partial charge is 0.495 e. The SMILES string of the molecule is COc1cc(Nc2cc(N)ccc2C(N)=O)ccc1Br. The van der Waals surface area contributed by atoms with E-state index in [1.807, 2.05) is 12.1 Å². The number of carbonyl (C=O) groups is 1. The van der Waals surface area contributed by atoms with Gasteiger partial charge in [-0.1, -0.05) is 0 Å². The Kier molecular flexibility index (Phi) is 4.14. The number of nitrogens with one attached hydrogen (secondary N) is 1. The van der Waals surface area contributed by atoms with Gasteiger partial charge in [-0.2, -0.15) is 0 Å². The lowest BCUT2D eigenvalue weighted by molar-refractivity contribution is 0.100. The third-order valence-electron chi connectivity index (χ3n) is 2.74. The summed E-state index contributed by atoms with van der Waals surface area (Å²) in [6.07, 6.45) is 0. The number of methoxy groups -OCH3 is 1. The number of anilines is 3. The molecule has 20 heavy (non-hydrogen) atoms. The molecule has 0 unspecified atom stereocenters. The van der Waals surface area contributed by atoms with Crippen LogP contribution in [-0.2, 0) is 0 Å². The van der Waals surface area contributed by atoms with Crippen LogP contribution in [0.5, 0.6) is 5.75 Å². The number of hydrogen-bond acceptors (Lipinski definition) is 4. The van der Waals surface area contributed by atoms with Crippen molar-refractivity contribution >= 4 is 38.9 Å². The molecule has 0 saturated heterocycles. The van der Waals surface area contributed by atoms with Crippen LogP contribution >= 0.6 is 15.9 Å². The zero-order valence-corrected chi connectivity index (χ0v) is 12.4. The van der Waals surface area contributed by atoms with Gasteiger partial charge in [0.2, 0.25) is 0 Å². The standard InChI is InChI=1S/C14H14BrN3O2/c1-20-13-7-9(3-5-11(13)15)18-12-6-8(16)2-4-10(12)14(17)19/h2-7,18H,16H2,1H3,(H2,17,19). The summed E-state index contributed by atoms with van der Waals surface area (Å²) in [5.74, 6) is 0.163. The summed E-state index contributed by atoms with van der Waals surface area (Å²) in [6, 6.07) is 10.4. The zero-order chi connectivity index (χ0) is 14.7. The van der Waals surface area contributed by atoms with Gasteiger partial charge in [-0.3, -0.25) is 4.79 Å². The number of nitrogens with two attached hydrogens (primary N) is 2. The first-order chi connectivity index (χ1) is 9.51. The molecule has 6 heteroatoms. The Morgan fingerprint density at radius 1 is 1.25 bits per heavy atom. The van der Waals surface area contributed by atoms with Gasteiger partial charge in [0.05, 0.1) is 22.8 Å². The summed E-state index contributed by atoms with van der Waals surface area (Å²) < 4.78 is 6.06. The molecule has 0 aliphatic rings. The lowest BCUT2D eigenvalue weighted by Gasteiger charge is -2.12. The normalized spacial score (nSPS) is 10.1. The fourth-order valence-electron chi connectivity index (χ4n) is 1.77. The highest BCUT2D eigenvalue weighted by atomic mass is 79.9. The summed E-state index contributed by atoms with van der Waals surface area (Å²) in [4.78, 5) is 11.4. The van der Waals surface area contributed by atoms with Crippen molar-refractivity contribution in [2.45, 2.75) is 0 Å². The summed E-state index contributed by atoms with van der Waals surface area (Å²) in [5.41, 5.74) is 13.3. The highest BCUT2D eigenvalue weighted by Crippen LogP contribution is 2.30. The van der Waals surface area contributed by atoms with Gasteiger partial charge in [-0.25, -0.2) is 0 Å². The van der Waals surface area contributed by atoms with Gasteiger partial charge >= 0.3 is 0 Å². The molecule has 0 saturated carbocycles. The van der Waals surface area contributed by atoms with Crippen LogP contribution in [-0.4, -0.2) is 13.0 Å². The molecule has 0 radical (unpaired) electrons. The van der Waals surface area contributed by atoms with Crippen LogP contribution in [0.4, 0.5) is 17.1 Å². The molecule has 0 aliphatic carbocycles. The molecule has 0 aliphatic heterocycles. The molecule has 2 aromatic carbocycles. The van der Waals surface area contributed by atoms with E-state index in [2.05, 4.69) is 21.2 Å². The molecule has 2 rings (SSSR count). The fraction of sp³-hybridized carbons (Fsp3) is 0.0714. The van der Waals surface area contributed by atoms with Crippen LogP contribution in [0.1, 0.15) is 10.4 Å². The predicted octanol–water partition coefficient (Wildman–Crippen LogP) is 2.88. The van der Waals surface area contributed by atoms with E-state index in [1.165, 1.54) is 0 Å². The molecule has 0 aromatic heterocycles. The number of benzene rings is 2. The van der Waals surface area contributed by atoms with Gasteiger partial charge in [0, 0.05) is 17.4 Å². The van der Waals surface area contributed by atoms with Gasteiger partial charge in [0.25, 0.3) is 5.91 Å². The Hall–Kier alpha value is -2.21. The van der Waals surface area contributed by atoms with Gasteiger partial charge in [0.1, 0.15) is 5.75 Å².